The molecule has 2 heterocycles. The van der Waals surface area contributed by atoms with Gasteiger partial charge in [-0.15, -0.1) is 0 Å². The van der Waals surface area contributed by atoms with Gasteiger partial charge in [-0.2, -0.15) is 0 Å². The van der Waals surface area contributed by atoms with Gasteiger partial charge in [-0.3, -0.25) is 9.78 Å². The van der Waals surface area contributed by atoms with Crippen LogP contribution in [0.4, 0.5) is 0 Å². The summed E-state index contributed by atoms with van der Waals surface area (Å²) >= 11 is 0. The summed E-state index contributed by atoms with van der Waals surface area (Å²) in [6, 6.07) is 10.5. The third kappa shape index (κ3) is 3.01. The van der Waals surface area contributed by atoms with E-state index >= 15 is 0 Å². The number of aliphatic hydroxyl groups excluding tert-OH is 1. The van der Waals surface area contributed by atoms with E-state index in [2.05, 4.69) is 21.4 Å². The molecule has 6 nitrogen and oxygen atoms in total. The van der Waals surface area contributed by atoms with Crippen LogP contribution in [0.2, 0.25) is 0 Å². The molecule has 0 spiro atoms. The summed E-state index contributed by atoms with van der Waals surface area (Å²) in [5.41, 5.74) is 3.10. The maximum atomic E-state index is 11.5. The van der Waals surface area contributed by atoms with Crippen LogP contribution in [0.3, 0.4) is 0 Å². The third-order valence-electron chi connectivity index (χ3n) is 4.76. The van der Waals surface area contributed by atoms with Crippen molar-refractivity contribution in [1.82, 2.24) is 15.3 Å². The van der Waals surface area contributed by atoms with E-state index in [0.717, 1.165) is 18.5 Å². The number of phenols is 1. The zero-order valence-electron chi connectivity index (χ0n) is 13.6. The van der Waals surface area contributed by atoms with Crippen molar-refractivity contribution in [3.8, 4) is 5.75 Å². The lowest BCUT2D eigenvalue weighted by atomic mass is 10.0. The van der Waals surface area contributed by atoms with Crippen molar-refractivity contribution in [2.45, 2.75) is 25.0 Å². The number of rotatable bonds is 4. The van der Waals surface area contributed by atoms with Crippen molar-refractivity contribution < 1.29 is 10.2 Å². The highest BCUT2D eigenvalue weighted by Crippen LogP contribution is 2.29. The van der Waals surface area contributed by atoms with Crippen molar-refractivity contribution in [3.05, 3.63) is 69.8 Å². The molecule has 1 aromatic carbocycles. The van der Waals surface area contributed by atoms with Crippen LogP contribution in [-0.2, 0) is 12.8 Å². The Morgan fingerprint density at radius 3 is 2.96 bits per heavy atom. The van der Waals surface area contributed by atoms with Gasteiger partial charge in [0.15, 0.2) is 0 Å². The zero-order valence-corrected chi connectivity index (χ0v) is 13.6. The SMILES string of the molecule is O=c1ccc2c([C@@H](O)CN[C@@H]3Cc4cccnc4C3)ccc(O)c2[nH]1. The number of aromatic nitrogens is 2. The summed E-state index contributed by atoms with van der Waals surface area (Å²) in [6.07, 6.45) is 2.82. The number of aromatic hydroxyl groups is 1. The van der Waals surface area contributed by atoms with E-state index in [1.165, 1.54) is 17.7 Å². The molecule has 4 rings (SSSR count). The number of aromatic amines is 1. The molecule has 1 aliphatic rings. The summed E-state index contributed by atoms with van der Waals surface area (Å²) in [4.78, 5) is 18.5. The molecule has 3 aromatic rings. The molecule has 25 heavy (non-hydrogen) atoms. The molecule has 4 N–H and O–H groups in total. The Morgan fingerprint density at radius 1 is 1.24 bits per heavy atom. The number of nitrogens with one attached hydrogen (secondary N) is 2. The van der Waals surface area contributed by atoms with Crippen LogP contribution in [0.5, 0.6) is 5.75 Å². The summed E-state index contributed by atoms with van der Waals surface area (Å²) in [5, 5.41) is 24.6. The van der Waals surface area contributed by atoms with Crippen LogP contribution < -0.4 is 10.9 Å². The minimum absolute atomic E-state index is 0.00562. The van der Waals surface area contributed by atoms with Crippen LogP contribution in [0.1, 0.15) is 22.9 Å². The van der Waals surface area contributed by atoms with Gasteiger partial charge >= 0.3 is 0 Å². The van der Waals surface area contributed by atoms with E-state index in [1.807, 2.05) is 6.07 Å². The predicted octanol–water partition coefficient (Wildman–Crippen LogP) is 1.42. The fraction of sp³-hybridized carbons (Fsp3) is 0.263. The zero-order chi connectivity index (χ0) is 17.4. The average molecular weight is 337 g/mol. The van der Waals surface area contributed by atoms with Crippen LogP contribution in [0.15, 0.2) is 47.4 Å². The first-order chi connectivity index (χ1) is 12.1. The quantitative estimate of drug-likeness (QED) is 0.577. The normalized spacial score (nSPS) is 17.6. The first-order valence-electron chi connectivity index (χ1n) is 8.31. The maximum Gasteiger partial charge on any atom is 0.248 e. The number of hydrogen-bond acceptors (Lipinski definition) is 5. The first-order valence-corrected chi connectivity index (χ1v) is 8.31. The Morgan fingerprint density at radius 2 is 2.12 bits per heavy atom. The monoisotopic (exact) mass is 337 g/mol. The molecule has 2 aromatic heterocycles. The molecule has 6 heteroatoms. The highest BCUT2D eigenvalue weighted by atomic mass is 16.3. The fourth-order valence-corrected chi connectivity index (χ4v) is 3.49. The van der Waals surface area contributed by atoms with Crippen molar-refractivity contribution in [1.29, 1.82) is 0 Å². The van der Waals surface area contributed by atoms with Crippen molar-refractivity contribution in [2.24, 2.45) is 0 Å². The molecule has 0 bridgehead atoms. The van der Waals surface area contributed by atoms with Gasteiger partial charge in [0.2, 0.25) is 5.56 Å². The van der Waals surface area contributed by atoms with Crippen LogP contribution in [0, 0.1) is 0 Å². The molecular weight excluding hydrogens is 318 g/mol. The number of pyridine rings is 2. The Hall–Kier alpha value is -2.70. The number of H-pyrrole nitrogens is 1. The smallest absolute Gasteiger partial charge is 0.248 e. The number of nitrogens with zero attached hydrogens (tertiary/aromatic N) is 1. The Bertz CT molecular complexity index is 958. The van der Waals surface area contributed by atoms with Crippen LogP contribution in [-0.4, -0.2) is 32.8 Å². The molecular formula is C19H19N3O3. The maximum absolute atomic E-state index is 11.5. The molecule has 0 amide bonds. The van der Waals surface area contributed by atoms with Crippen molar-refractivity contribution >= 4 is 10.9 Å². The molecule has 1 aliphatic carbocycles. The minimum Gasteiger partial charge on any atom is -0.506 e. The minimum atomic E-state index is -0.745. The molecule has 0 fully saturated rings. The second kappa shape index (κ2) is 6.31. The molecule has 2 atom stereocenters. The standard InChI is InChI=1S/C19H19N3O3/c23-16-5-3-13(14-4-6-18(25)22-19(14)16)17(24)10-21-12-8-11-2-1-7-20-15(11)9-12/h1-7,12,17,21,23-24H,8-10H2,(H,22,25)/t12-,17+/m1/s1. The Labute approximate surface area is 144 Å². The second-order valence-electron chi connectivity index (χ2n) is 6.42. The second-order valence-corrected chi connectivity index (χ2v) is 6.42. The van der Waals surface area contributed by atoms with Crippen LogP contribution in [0.25, 0.3) is 10.9 Å². The number of aliphatic hydroxyl groups is 1. The largest absolute Gasteiger partial charge is 0.506 e. The van der Waals surface area contributed by atoms with E-state index in [1.54, 1.807) is 18.3 Å². The molecule has 128 valence electrons. The van der Waals surface area contributed by atoms with Gasteiger partial charge in [0.25, 0.3) is 0 Å². The van der Waals surface area contributed by atoms with Gasteiger partial charge in [0.05, 0.1) is 11.6 Å². The average Bonchev–Trinajstić information content (AvgIpc) is 3.03. The molecule has 0 saturated heterocycles. The summed E-state index contributed by atoms with van der Waals surface area (Å²) in [7, 11) is 0. The van der Waals surface area contributed by atoms with Crippen molar-refractivity contribution in [3.63, 3.8) is 0 Å². The van der Waals surface area contributed by atoms with E-state index < -0.39 is 6.10 Å². The lowest BCUT2D eigenvalue weighted by Crippen LogP contribution is -2.33. The summed E-state index contributed by atoms with van der Waals surface area (Å²) in [6.45, 7) is 0.387. The number of hydrogen-bond donors (Lipinski definition) is 4. The first kappa shape index (κ1) is 15.8. The van der Waals surface area contributed by atoms with Gasteiger partial charge in [-0.05, 0) is 35.7 Å². The van der Waals surface area contributed by atoms with Gasteiger partial charge in [0.1, 0.15) is 5.75 Å². The lowest BCUT2D eigenvalue weighted by Gasteiger charge is -2.18. The van der Waals surface area contributed by atoms with E-state index in [-0.39, 0.29) is 17.4 Å². The van der Waals surface area contributed by atoms with Crippen LogP contribution >= 0.6 is 0 Å². The predicted molar refractivity (Wildman–Crippen MR) is 94.6 cm³/mol. The fourth-order valence-electron chi connectivity index (χ4n) is 3.49. The van der Waals surface area contributed by atoms with Gasteiger partial charge in [-0.25, -0.2) is 0 Å². The summed E-state index contributed by atoms with van der Waals surface area (Å²) < 4.78 is 0. The van der Waals surface area contributed by atoms with E-state index in [9.17, 15) is 15.0 Å². The van der Waals surface area contributed by atoms with E-state index in [4.69, 9.17) is 0 Å². The van der Waals surface area contributed by atoms with Gasteiger partial charge in [-0.1, -0.05) is 12.1 Å². The Balaban J connectivity index is 1.51. The van der Waals surface area contributed by atoms with E-state index in [0.29, 0.717) is 23.0 Å². The van der Waals surface area contributed by atoms with Crippen molar-refractivity contribution in [2.75, 3.05) is 6.54 Å². The highest BCUT2D eigenvalue weighted by molar-refractivity contribution is 5.87. The molecule has 0 saturated carbocycles. The number of phenolic OH excluding ortho intramolecular Hbond substituents is 1. The topological polar surface area (TPSA) is 98.2 Å². The Kier molecular flexibility index (Phi) is 3.99. The number of benzene rings is 1. The number of fused-ring (bicyclic) bond motifs is 2. The highest BCUT2D eigenvalue weighted by Gasteiger charge is 2.23. The summed E-state index contributed by atoms with van der Waals surface area (Å²) in [5.74, 6) is -0.00562. The molecule has 0 unspecified atom stereocenters. The van der Waals surface area contributed by atoms with Gasteiger partial charge in [0, 0.05) is 42.4 Å². The molecule has 0 aliphatic heterocycles. The molecule has 0 radical (unpaired) electrons. The third-order valence-corrected chi connectivity index (χ3v) is 4.76. The lowest BCUT2D eigenvalue weighted by molar-refractivity contribution is 0.171. The van der Waals surface area contributed by atoms with Gasteiger partial charge < -0.3 is 20.5 Å².